The summed E-state index contributed by atoms with van der Waals surface area (Å²) < 4.78 is 1.76. The third kappa shape index (κ3) is 2.80. The smallest absolute Gasteiger partial charge is 0.244 e. The molecule has 1 aliphatic heterocycles. The Hall–Kier alpha value is -2.94. The van der Waals surface area contributed by atoms with Crippen LogP contribution in [0.1, 0.15) is 23.0 Å². The highest BCUT2D eigenvalue weighted by atomic mass is 16.2. The molecule has 136 valence electrons. The molecule has 3 aromatic rings. The standard InChI is InChI=1S/C17H22N8O/c1-11-15(12(2)21-20-11)16(18)17(26)24-9-7-23(8-10-24)14-4-3-13-19-5-6-25(13)22-14/h3-6,16H,7-10,18H2,1-2H3,(H,20,21). The van der Waals surface area contributed by atoms with Crippen LogP contribution >= 0.6 is 0 Å². The zero-order valence-corrected chi connectivity index (χ0v) is 14.9. The number of imidazole rings is 1. The van der Waals surface area contributed by atoms with E-state index in [2.05, 4.69) is 25.2 Å². The van der Waals surface area contributed by atoms with Crippen LogP contribution in [0.15, 0.2) is 24.5 Å². The maximum atomic E-state index is 12.8. The van der Waals surface area contributed by atoms with Gasteiger partial charge in [-0.1, -0.05) is 0 Å². The van der Waals surface area contributed by atoms with Crippen molar-refractivity contribution in [3.05, 3.63) is 41.5 Å². The number of anilines is 1. The molecule has 4 heterocycles. The predicted molar refractivity (Wildman–Crippen MR) is 96.8 cm³/mol. The van der Waals surface area contributed by atoms with Gasteiger partial charge < -0.3 is 15.5 Å². The lowest BCUT2D eigenvalue weighted by molar-refractivity contribution is -0.133. The van der Waals surface area contributed by atoms with Gasteiger partial charge in [0.25, 0.3) is 0 Å². The SMILES string of the molecule is Cc1n[nH]c(C)c1C(N)C(=O)N1CCN(c2ccc3nccn3n2)CC1. The average molecular weight is 354 g/mol. The number of carbonyl (C=O) groups is 1. The first-order valence-corrected chi connectivity index (χ1v) is 8.66. The number of nitrogens with two attached hydrogens (primary N) is 1. The summed E-state index contributed by atoms with van der Waals surface area (Å²) in [5, 5.41) is 11.6. The summed E-state index contributed by atoms with van der Waals surface area (Å²) in [5.41, 5.74) is 9.46. The van der Waals surface area contributed by atoms with Crippen LogP contribution in [0.4, 0.5) is 5.82 Å². The Morgan fingerprint density at radius 3 is 2.69 bits per heavy atom. The number of amides is 1. The Labute approximate surface area is 150 Å². The average Bonchev–Trinajstić information content (AvgIpc) is 3.26. The van der Waals surface area contributed by atoms with Gasteiger partial charge >= 0.3 is 0 Å². The van der Waals surface area contributed by atoms with Gasteiger partial charge in [0.15, 0.2) is 5.65 Å². The van der Waals surface area contributed by atoms with E-state index >= 15 is 0 Å². The third-order valence-corrected chi connectivity index (χ3v) is 4.92. The molecule has 0 bridgehead atoms. The van der Waals surface area contributed by atoms with Crippen molar-refractivity contribution in [2.24, 2.45) is 5.73 Å². The third-order valence-electron chi connectivity index (χ3n) is 4.92. The molecule has 1 atom stereocenters. The van der Waals surface area contributed by atoms with Crippen molar-refractivity contribution in [1.29, 1.82) is 0 Å². The van der Waals surface area contributed by atoms with Gasteiger partial charge in [-0.25, -0.2) is 9.50 Å². The van der Waals surface area contributed by atoms with Crippen LogP contribution in [-0.4, -0.2) is 61.8 Å². The minimum atomic E-state index is -0.680. The van der Waals surface area contributed by atoms with E-state index in [1.165, 1.54) is 0 Å². The molecule has 9 nitrogen and oxygen atoms in total. The van der Waals surface area contributed by atoms with Gasteiger partial charge in [-0.05, 0) is 26.0 Å². The molecule has 0 aliphatic carbocycles. The van der Waals surface area contributed by atoms with Gasteiger partial charge in [-0.3, -0.25) is 9.89 Å². The first kappa shape index (κ1) is 16.5. The topological polar surface area (TPSA) is 108 Å². The number of rotatable bonds is 3. The highest BCUT2D eigenvalue weighted by Gasteiger charge is 2.29. The van der Waals surface area contributed by atoms with E-state index in [-0.39, 0.29) is 5.91 Å². The molecular weight excluding hydrogens is 332 g/mol. The molecule has 9 heteroatoms. The summed E-state index contributed by atoms with van der Waals surface area (Å²) in [7, 11) is 0. The number of aromatic amines is 1. The van der Waals surface area contributed by atoms with Crippen molar-refractivity contribution >= 4 is 17.4 Å². The summed E-state index contributed by atoms with van der Waals surface area (Å²) in [6, 6.07) is 3.23. The van der Waals surface area contributed by atoms with E-state index in [9.17, 15) is 4.79 Å². The number of nitrogens with one attached hydrogen (secondary N) is 1. The van der Waals surface area contributed by atoms with Crippen molar-refractivity contribution in [1.82, 2.24) is 29.7 Å². The summed E-state index contributed by atoms with van der Waals surface area (Å²) >= 11 is 0. The van der Waals surface area contributed by atoms with E-state index < -0.39 is 6.04 Å². The van der Waals surface area contributed by atoms with Gasteiger partial charge in [-0.2, -0.15) is 5.10 Å². The number of aryl methyl sites for hydroxylation is 2. The van der Waals surface area contributed by atoms with E-state index in [1.807, 2.05) is 37.1 Å². The molecule has 1 aliphatic rings. The van der Waals surface area contributed by atoms with Crippen molar-refractivity contribution in [3.8, 4) is 0 Å². The summed E-state index contributed by atoms with van der Waals surface area (Å²) in [6.07, 6.45) is 3.55. The molecule has 0 saturated carbocycles. The Kier molecular flexibility index (Phi) is 4.08. The monoisotopic (exact) mass is 354 g/mol. The lowest BCUT2D eigenvalue weighted by atomic mass is 10.0. The molecule has 3 N–H and O–H groups in total. The number of carbonyl (C=O) groups excluding carboxylic acids is 1. The predicted octanol–water partition coefficient (Wildman–Crippen LogP) is 0.418. The maximum Gasteiger partial charge on any atom is 0.244 e. The van der Waals surface area contributed by atoms with Gasteiger partial charge in [-0.15, -0.1) is 5.10 Å². The quantitative estimate of drug-likeness (QED) is 0.706. The normalized spacial score (nSPS) is 16.3. The van der Waals surface area contributed by atoms with E-state index in [0.717, 1.165) is 41.5 Å². The van der Waals surface area contributed by atoms with E-state index in [4.69, 9.17) is 5.73 Å². The second-order valence-electron chi connectivity index (χ2n) is 6.56. The number of nitrogens with zero attached hydrogens (tertiary/aromatic N) is 6. The van der Waals surface area contributed by atoms with Crippen LogP contribution < -0.4 is 10.6 Å². The van der Waals surface area contributed by atoms with Crippen molar-refractivity contribution in [2.75, 3.05) is 31.1 Å². The lowest BCUT2D eigenvalue weighted by Gasteiger charge is -2.36. The number of aromatic nitrogens is 5. The second-order valence-corrected chi connectivity index (χ2v) is 6.56. The van der Waals surface area contributed by atoms with Crippen LogP contribution in [-0.2, 0) is 4.79 Å². The number of hydrogen-bond acceptors (Lipinski definition) is 6. The van der Waals surface area contributed by atoms with Crippen LogP contribution in [0.3, 0.4) is 0 Å². The Morgan fingerprint density at radius 2 is 2.00 bits per heavy atom. The fourth-order valence-electron chi connectivity index (χ4n) is 3.47. The first-order valence-electron chi connectivity index (χ1n) is 8.66. The maximum absolute atomic E-state index is 12.8. The Balaban J connectivity index is 1.43. The second kappa shape index (κ2) is 6.41. The van der Waals surface area contributed by atoms with Gasteiger partial charge in [0, 0.05) is 49.8 Å². The van der Waals surface area contributed by atoms with Gasteiger partial charge in [0.1, 0.15) is 11.9 Å². The Morgan fingerprint density at radius 1 is 1.23 bits per heavy atom. The fourth-order valence-corrected chi connectivity index (χ4v) is 3.47. The zero-order valence-electron chi connectivity index (χ0n) is 14.9. The summed E-state index contributed by atoms with van der Waals surface area (Å²) in [4.78, 5) is 21.0. The molecule has 3 aromatic heterocycles. The Bertz CT molecular complexity index is 918. The molecule has 0 aromatic carbocycles. The number of fused-ring (bicyclic) bond motifs is 1. The molecule has 26 heavy (non-hydrogen) atoms. The number of H-pyrrole nitrogens is 1. The van der Waals surface area contributed by atoms with Crippen LogP contribution in [0.25, 0.3) is 5.65 Å². The van der Waals surface area contributed by atoms with Crippen molar-refractivity contribution in [2.45, 2.75) is 19.9 Å². The van der Waals surface area contributed by atoms with Crippen LogP contribution in [0.5, 0.6) is 0 Å². The summed E-state index contributed by atoms with van der Waals surface area (Å²) in [5.74, 6) is 0.823. The van der Waals surface area contributed by atoms with E-state index in [1.54, 1.807) is 10.7 Å². The number of hydrogen-bond donors (Lipinski definition) is 2. The lowest BCUT2D eigenvalue weighted by Crippen LogP contribution is -2.51. The molecule has 1 amide bonds. The van der Waals surface area contributed by atoms with Gasteiger partial charge in [0.05, 0.1) is 5.69 Å². The molecule has 1 saturated heterocycles. The molecular formula is C17H22N8O. The van der Waals surface area contributed by atoms with Crippen molar-refractivity contribution < 1.29 is 4.79 Å². The number of piperazine rings is 1. The minimum absolute atomic E-state index is 0.0599. The van der Waals surface area contributed by atoms with Gasteiger partial charge in [0.2, 0.25) is 5.91 Å². The van der Waals surface area contributed by atoms with Crippen molar-refractivity contribution in [3.63, 3.8) is 0 Å². The zero-order chi connectivity index (χ0) is 18.3. The summed E-state index contributed by atoms with van der Waals surface area (Å²) in [6.45, 7) is 6.42. The van der Waals surface area contributed by atoms with Crippen LogP contribution in [0, 0.1) is 13.8 Å². The largest absolute Gasteiger partial charge is 0.352 e. The fraction of sp³-hybridized carbons (Fsp3) is 0.412. The molecule has 1 unspecified atom stereocenters. The molecule has 0 radical (unpaired) electrons. The molecule has 0 spiro atoms. The first-order chi connectivity index (χ1) is 12.5. The van der Waals surface area contributed by atoms with E-state index in [0.29, 0.717) is 13.1 Å². The highest BCUT2D eigenvalue weighted by molar-refractivity contribution is 5.84. The van der Waals surface area contributed by atoms with Crippen LogP contribution in [0.2, 0.25) is 0 Å². The molecule has 1 fully saturated rings. The highest BCUT2D eigenvalue weighted by Crippen LogP contribution is 2.21. The molecule has 4 rings (SSSR count). The minimum Gasteiger partial charge on any atom is -0.352 e.